The molecule has 1 aromatic carbocycles. The third kappa shape index (κ3) is 2.52. The number of quaternary nitrogens is 1. The van der Waals surface area contributed by atoms with Gasteiger partial charge in [0.25, 0.3) is 0 Å². The third-order valence-corrected chi connectivity index (χ3v) is 13.4. The Morgan fingerprint density at radius 2 is 1.58 bits per heavy atom. The van der Waals surface area contributed by atoms with Crippen LogP contribution in [0.4, 0.5) is 0 Å². The number of fused-ring (bicyclic) bond motifs is 1. The number of rotatable bonds is 6. The molecule has 6 rings (SSSR count). The molecule has 0 unspecified atom stereocenters. The second-order valence-electron chi connectivity index (χ2n) is 8.79. The molecule has 3 saturated heterocycles. The van der Waals surface area contributed by atoms with Gasteiger partial charge < -0.3 is 0 Å². The first-order chi connectivity index (χ1) is 15.0. The van der Waals surface area contributed by atoms with Crippen LogP contribution < -0.4 is 0 Å². The maximum absolute atomic E-state index is 12.6. The number of amides is 2. The van der Waals surface area contributed by atoms with Crippen LogP contribution in [0.25, 0.3) is 0 Å². The van der Waals surface area contributed by atoms with E-state index in [1.807, 2.05) is 0 Å². The van der Waals surface area contributed by atoms with Gasteiger partial charge >= 0.3 is 179 Å². The molecular weight excluding hydrogens is 418 g/mol. The average molecular weight is 444 g/mol. The number of hydrogen-bond acceptors (Lipinski definition) is 7. The Balaban J connectivity index is 1.12. The molecule has 10 nitrogen and oxygen atoms in total. The van der Waals surface area contributed by atoms with Gasteiger partial charge in [-0.25, -0.2) is 0 Å². The molecule has 11 heteroatoms. The van der Waals surface area contributed by atoms with Crippen LogP contribution in [0.3, 0.4) is 0 Å². The van der Waals surface area contributed by atoms with Crippen LogP contribution in [-0.4, -0.2) is 83.6 Å². The molecule has 0 saturated carbocycles. The molecular formula is C20H25N5O5Si. The average Bonchev–Trinajstić information content (AvgIpc) is 3.50. The molecule has 2 aromatic rings. The summed E-state index contributed by atoms with van der Waals surface area (Å²) >= 11 is 0. The van der Waals surface area contributed by atoms with Crippen LogP contribution in [0, 0.1) is 0 Å². The summed E-state index contributed by atoms with van der Waals surface area (Å²) in [6.07, 6.45) is 2.61. The fourth-order valence-corrected chi connectivity index (χ4v) is 11.6. The Hall–Kier alpha value is -2.44. The summed E-state index contributed by atoms with van der Waals surface area (Å²) in [5, 5.41) is 8.36. The van der Waals surface area contributed by atoms with Gasteiger partial charge in [-0.3, -0.25) is 0 Å². The standard InChI is InChI=1S/C20H25N5O5Si/c26-19-17-4-1-2-5-18(17)20(27)24(19)15-16-14-23(22-21-16)6-3-13-31-25(7-10-28-31,8-11-29-31)9-12-30-31/h1-2,4-5,14H,3,6-13,15H2. The van der Waals surface area contributed by atoms with Crippen LogP contribution in [-0.2, 0) is 26.4 Å². The van der Waals surface area contributed by atoms with Crippen molar-refractivity contribution >= 4 is 20.1 Å². The van der Waals surface area contributed by atoms with Crippen LogP contribution in [0.15, 0.2) is 30.5 Å². The van der Waals surface area contributed by atoms with Crippen molar-refractivity contribution < 1.29 is 27.0 Å². The molecule has 1 aromatic heterocycles. The maximum atomic E-state index is 12.6. The van der Waals surface area contributed by atoms with Gasteiger partial charge in [0.05, 0.1) is 0 Å². The fraction of sp³-hybridized carbons (Fsp3) is 0.500. The quantitative estimate of drug-likeness (QED) is 0.480. The minimum atomic E-state index is -3.37. The van der Waals surface area contributed by atoms with Gasteiger partial charge in [0.1, 0.15) is 0 Å². The van der Waals surface area contributed by atoms with E-state index in [0.29, 0.717) is 43.2 Å². The molecule has 2 amide bonds. The van der Waals surface area contributed by atoms with Crippen LogP contribution >= 0.6 is 0 Å². The number of carbonyl (C=O) groups excluding carboxylic acids is 2. The summed E-state index contributed by atoms with van der Waals surface area (Å²) in [6, 6.07) is 7.64. The normalized spacial score (nSPS) is 28.9. The zero-order valence-corrected chi connectivity index (χ0v) is 18.2. The number of benzene rings is 1. The summed E-state index contributed by atoms with van der Waals surface area (Å²) < 4.78 is 21.6. The van der Waals surface area contributed by atoms with Gasteiger partial charge in [-0.15, -0.1) is 0 Å². The molecule has 0 atom stereocenters. The molecule has 0 N–H and O–H groups in total. The van der Waals surface area contributed by atoms with Gasteiger partial charge in [0.15, 0.2) is 0 Å². The molecule has 31 heavy (non-hydrogen) atoms. The van der Waals surface area contributed by atoms with Crippen molar-refractivity contribution in [2.24, 2.45) is 0 Å². The van der Waals surface area contributed by atoms with Gasteiger partial charge in [-0.2, -0.15) is 0 Å². The van der Waals surface area contributed by atoms with Crippen molar-refractivity contribution in [3.8, 4) is 0 Å². The van der Waals surface area contributed by atoms with Gasteiger partial charge in [0, 0.05) is 0 Å². The zero-order chi connectivity index (χ0) is 21.1. The fourth-order valence-electron chi connectivity index (χ4n) is 5.84. The van der Waals surface area contributed by atoms with Crippen molar-refractivity contribution in [1.82, 2.24) is 19.9 Å². The third-order valence-electron chi connectivity index (χ3n) is 7.40. The summed E-state index contributed by atoms with van der Waals surface area (Å²) in [5.74, 6) is -0.576. The van der Waals surface area contributed by atoms with E-state index in [1.54, 1.807) is 35.1 Å². The summed E-state index contributed by atoms with van der Waals surface area (Å²) in [7, 11) is -3.37. The van der Waals surface area contributed by atoms with Crippen molar-refractivity contribution in [3.63, 3.8) is 0 Å². The molecule has 3 fully saturated rings. The predicted molar refractivity (Wildman–Crippen MR) is 109 cm³/mol. The van der Waals surface area contributed by atoms with E-state index in [9.17, 15) is 9.59 Å². The van der Waals surface area contributed by atoms with E-state index in [4.69, 9.17) is 13.3 Å². The SMILES string of the molecule is O=C1c2ccccc2C(=O)N1Cc1cn(CCC[Si-]234OCC[N+]2(CCO3)CCO4)nn1. The molecule has 0 aliphatic carbocycles. The Morgan fingerprint density at radius 3 is 2.19 bits per heavy atom. The monoisotopic (exact) mass is 443 g/mol. The topological polar surface area (TPSA) is 95.8 Å². The zero-order valence-electron chi connectivity index (χ0n) is 17.2. The molecule has 4 aliphatic heterocycles. The predicted octanol–water partition coefficient (Wildman–Crippen LogP) is 0.761. The number of aromatic nitrogens is 3. The Labute approximate surface area is 179 Å². The van der Waals surface area contributed by atoms with Crippen molar-refractivity contribution in [3.05, 3.63) is 47.3 Å². The summed E-state index contributed by atoms with van der Waals surface area (Å²) in [4.78, 5) is 26.3. The molecule has 4 aliphatic rings. The molecule has 5 heterocycles. The van der Waals surface area contributed by atoms with Crippen LogP contribution in [0.5, 0.6) is 0 Å². The number of nitrogens with zero attached hydrogens (tertiary/aromatic N) is 5. The Bertz CT molecular complexity index is 1020. The van der Waals surface area contributed by atoms with E-state index < -0.39 is 8.24 Å². The minimum absolute atomic E-state index is 0.114. The van der Waals surface area contributed by atoms with Crippen molar-refractivity contribution in [2.75, 3.05) is 39.5 Å². The summed E-state index contributed by atoms with van der Waals surface area (Å²) in [5.41, 5.74) is 1.46. The second kappa shape index (κ2) is 6.53. The molecule has 0 spiro atoms. The number of imide groups is 1. The Kier molecular flexibility index (Phi) is 4.06. The van der Waals surface area contributed by atoms with Crippen molar-refractivity contribution in [2.45, 2.75) is 25.6 Å². The first kappa shape index (κ1) is 19.3. The van der Waals surface area contributed by atoms with E-state index in [0.717, 1.165) is 36.2 Å². The van der Waals surface area contributed by atoms with E-state index in [1.165, 1.54) is 4.90 Å². The van der Waals surface area contributed by atoms with Crippen LogP contribution in [0.2, 0.25) is 6.04 Å². The molecule has 0 radical (unpaired) electrons. The van der Waals surface area contributed by atoms with Gasteiger partial charge in [0.2, 0.25) is 0 Å². The van der Waals surface area contributed by atoms with E-state index >= 15 is 0 Å². The Morgan fingerprint density at radius 1 is 0.968 bits per heavy atom. The summed E-state index contributed by atoms with van der Waals surface area (Å²) in [6.45, 7) is 5.85. The van der Waals surface area contributed by atoms with Crippen LogP contribution in [0.1, 0.15) is 32.8 Å². The second-order valence-corrected chi connectivity index (χ2v) is 13.3. The van der Waals surface area contributed by atoms with E-state index in [-0.39, 0.29) is 18.4 Å². The number of aryl methyl sites for hydroxylation is 1. The number of carbonyl (C=O) groups is 2. The van der Waals surface area contributed by atoms with Crippen molar-refractivity contribution in [1.29, 1.82) is 0 Å². The number of hydrogen-bond donors (Lipinski definition) is 0. The van der Waals surface area contributed by atoms with Gasteiger partial charge in [-0.1, -0.05) is 0 Å². The van der Waals surface area contributed by atoms with E-state index in [2.05, 4.69) is 10.3 Å². The molecule has 164 valence electrons. The first-order valence-corrected chi connectivity index (χ1v) is 13.2. The molecule has 0 bridgehead atoms. The van der Waals surface area contributed by atoms with Gasteiger partial charge in [-0.05, 0) is 0 Å². The first-order valence-electron chi connectivity index (χ1n) is 10.8.